The summed E-state index contributed by atoms with van der Waals surface area (Å²) in [6.07, 6.45) is 3.76. The van der Waals surface area contributed by atoms with Gasteiger partial charge in [-0.25, -0.2) is 4.98 Å². The van der Waals surface area contributed by atoms with Crippen molar-refractivity contribution >= 4 is 34.6 Å². The molecule has 2 aromatic rings. The van der Waals surface area contributed by atoms with Crippen LogP contribution in [0.5, 0.6) is 0 Å². The number of aromatic nitrogens is 1. The second kappa shape index (κ2) is 12.6. The van der Waals surface area contributed by atoms with Crippen LogP contribution in [0.4, 0.5) is 0 Å². The maximum atomic E-state index is 13.1. The first-order valence-corrected chi connectivity index (χ1v) is 14.6. The Morgan fingerprint density at radius 1 is 1.17 bits per heavy atom. The lowest BCUT2D eigenvalue weighted by Crippen LogP contribution is -2.58. The lowest BCUT2D eigenvalue weighted by molar-refractivity contribution is -0.138. The summed E-state index contributed by atoms with van der Waals surface area (Å²) in [7, 11) is 0. The minimum absolute atomic E-state index is 0.0313. The molecule has 0 saturated carbocycles. The van der Waals surface area contributed by atoms with Crippen LogP contribution in [-0.2, 0) is 27.1 Å². The Morgan fingerprint density at radius 2 is 1.97 bits per heavy atom. The zero-order chi connectivity index (χ0) is 25.5. The molecule has 2 aliphatic heterocycles. The summed E-state index contributed by atoms with van der Waals surface area (Å²) in [4.78, 5) is 33.9. The lowest BCUT2D eigenvalue weighted by Gasteiger charge is -2.47. The molecule has 1 N–H and O–H groups in total. The molecule has 2 aromatic heterocycles. The number of nitrogens with zero attached hydrogens (tertiary/aromatic N) is 3. The lowest BCUT2D eigenvalue weighted by atomic mass is 9.89. The first kappa shape index (κ1) is 27.2. The number of carboxylic acids is 1. The summed E-state index contributed by atoms with van der Waals surface area (Å²) in [5, 5.41) is 13.8. The molecule has 2 saturated heterocycles. The number of aliphatic carboxylic acids is 1. The number of hydrogen-bond acceptors (Lipinski definition) is 8. The van der Waals surface area contributed by atoms with Gasteiger partial charge in [0, 0.05) is 48.8 Å². The molecule has 36 heavy (non-hydrogen) atoms. The maximum Gasteiger partial charge on any atom is 0.305 e. The fourth-order valence-electron chi connectivity index (χ4n) is 4.73. The molecule has 1 amide bonds. The quantitative estimate of drug-likeness (QED) is 0.436. The fourth-order valence-corrected chi connectivity index (χ4v) is 6.45. The fraction of sp³-hybridized carbons (Fsp3) is 0.654. The minimum atomic E-state index is -0.825. The topological polar surface area (TPSA) is 92.2 Å². The van der Waals surface area contributed by atoms with Gasteiger partial charge in [-0.1, -0.05) is 13.8 Å². The van der Waals surface area contributed by atoms with Crippen molar-refractivity contribution in [3.63, 3.8) is 0 Å². The average Bonchev–Trinajstić information content (AvgIpc) is 3.53. The summed E-state index contributed by atoms with van der Waals surface area (Å²) < 4.78 is 11.7. The second-order valence-corrected chi connectivity index (χ2v) is 11.9. The highest BCUT2D eigenvalue weighted by Crippen LogP contribution is 2.31. The van der Waals surface area contributed by atoms with E-state index in [1.54, 1.807) is 22.7 Å². The Balaban J connectivity index is 1.19. The van der Waals surface area contributed by atoms with Gasteiger partial charge in [0.2, 0.25) is 0 Å². The summed E-state index contributed by atoms with van der Waals surface area (Å²) in [5.74, 6) is -0.459. The standard InChI is InChI=1S/C26H37N3O5S2/c1-19(2)24-27-22(17-36-24)25(32)29-11-14-34-26(18-29)6-9-28(10-7-26)8-3-20-15-21(35-16-20)4-12-33-13-5-23(30)31/h15-17,19H,3-14,18H2,1-2H3,(H,30,31). The third-order valence-corrected chi connectivity index (χ3v) is 9.11. The minimum Gasteiger partial charge on any atom is -0.481 e. The number of ether oxygens (including phenoxy) is 2. The van der Waals surface area contributed by atoms with E-state index in [0.717, 1.165) is 50.3 Å². The van der Waals surface area contributed by atoms with Gasteiger partial charge in [0.15, 0.2) is 0 Å². The predicted molar refractivity (Wildman–Crippen MR) is 141 cm³/mol. The normalized spacial score (nSPS) is 18.2. The molecule has 4 rings (SSSR count). The van der Waals surface area contributed by atoms with E-state index in [2.05, 4.69) is 35.2 Å². The van der Waals surface area contributed by atoms with Gasteiger partial charge in [0.25, 0.3) is 5.91 Å². The molecule has 4 heterocycles. The largest absolute Gasteiger partial charge is 0.481 e. The molecule has 0 aliphatic carbocycles. The van der Waals surface area contributed by atoms with Gasteiger partial charge in [0.05, 0.1) is 43.4 Å². The van der Waals surface area contributed by atoms with E-state index in [1.165, 1.54) is 10.4 Å². The number of amides is 1. The number of carbonyl (C=O) groups is 2. The van der Waals surface area contributed by atoms with Crippen LogP contribution in [0.3, 0.4) is 0 Å². The van der Waals surface area contributed by atoms with Gasteiger partial charge in [-0.15, -0.1) is 22.7 Å². The van der Waals surface area contributed by atoms with Crippen molar-refractivity contribution in [2.24, 2.45) is 0 Å². The van der Waals surface area contributed by atoms with Crippen LogP contribution in [-0.4, -0.2) is 89.9 Å². The first-order chi connectivity index (χ1) is 17.3. The van der Waals surface area contributed by atoms with Crippen LogP contribution in [0.25, 0.3) is 0 Å². The third kappa shape index (κ3) is 7.35. The van der Waals surface area contributed by atoms with Gasteiger partial charge in [0.1, 0.15) is 5.69 Å². The van der Waals surface area contributed by atoms with E-state index < -0.39 is 5.97 Å². The van der Waals surface area contributed by atoms with Crippen molar-refractivity contribution in [3.8, 4) is 0 Å². The molecule has 10 heteroatoms. The summed E-state index contributed by atoms with van der Waals surface area (Å²) in [6, 6.07) is 2.24. The van der Waals surface area contributed by atoms with Crippen molar-refractivity contribution in [1.82, 2.24) is 14.8 Å². The Hall–Kier alpha value is -1.85. The van der Waals surface area contributed by atoms with Gasteiger partial charge in [-0.05, 0) is 36.3 Å². The van der Waals surface area contributed by atoms with Crippen molar-refractivity contribution in [2.75, 3.05) is 52.5 Å². The van der Waals surface area contributed by atoms with Crippen LogP contribution in [0, 0.1) is 0 Å². The molecular formula is C26H37N3O5S2. The Labute approximate surface area is 221 Å². The third-order valence-electron chi connectivity index (χ3n) is 6.92. The average molecular weight is 536 g/mol. The summed E-state index contributed by atoms with van der Waals surface area (Å²) >= 11 is 3.31. The van der Waals surface area contributed by atoms with Crippen molar-refractivity contribution < 1.29 is 24.2 Å². The molecule has 0 aromatic carbocycles. The Morgan fingerprint density at radius 3 is 2.69 bits per heavy atom. The van der Waals surface area contributed by atoms with Gasteiger partial charge in [-0.2, -0.15) is 0 Å². The SMILES string of the molecule is CC(C)c1nc(C(=O)N2CCOC3(CCN(CCc4csc(CCOCCC(=O)O)c4)CC3)C2)cs1. The number of thiophene rings is 1. The molecule has 0 radical (unpaired) electrons. The first-order valence-electron chi connectivity index (χ1n) is 12.8. The number of hydrogen-bond donors (Lipinski definition) is 1. The Bertz CT molecular complexity index is 1010. The van der Waals surface area contributed by atoms with Crippen LogP contribution in [0.2, 0.25) is 0 Å². The van der Waals surface area contributed by atoms with Crippen molar-refractivity contribution in [3.05, 3.63) is 38.0 Å². The number of piperidine rings is 1. The van der Waals surface area contributed by atoms with E-state index in [1.807, 2.05) is 10.3 Å². The number of thiazole rings is 1. The number of morpholine rings is 1. The molecule has 8 nitrogen and oxygen atoms in total. The molecule has 0 unspecified atom stereocenters. The van der Waals surface area contributed by atoms with Crippen LogP contribution in [0.15, 0.2) is 16.8 Å². The van der Waals surface area contributed by atoms with E-state index in [-0.39, 0.29) is 24.5 Å². The summed E-state index contributed by atoms with van der Waals surface area (Å²) in [6.45, 7) is 9.86. The number of likely N-dealkylation sites (tertiary alicyclic amines) is 1. The number of rotatable bonds is 11. The van der Waals surface area contributed by atoms with Crippen LogP contribution < -0.4 is 0 Å². The van der Waals surface area contributed by atoms with Crippen LogP contribution >= 0.6 is 22.7 Å². The van der Waals surface area contributed by atoms with Crippen LogP contribution in [0.1, 0.15) is 65.0 Å². The van der Waals surface area contributed by atoms with E-state index in [0.29, 0.717) is 37.9 Å². The van der Waals surface area contributed by atoms with Gasteiger partial charge < -0.3 is 24.4 Å². The highest BCUT2D eigenvalue weighted by molar-refractivity contribution is 7.10. The molecule has 0 bridgehead atoms. The van der Waals surface area contributed by atoms with Gasteiger partial charge in [-0.3, -0.25) is 9.59 Å². The molecule has 2 fully saturated rings. The monoisotopic (exact) mass is 535 g/mol. The molecular weight excluding hydrogens is 498 g/mol. The van der Waals surface area contributed by atoms with E-state index in [4.69, 9.17) is 14.6 Å². The van der Waals surface area contributed by atoms with E-state index in [9.17, 15) is 9.59 Å². The zero-order valence-corrected chi connectivity index (χ0v) is 22.9. The molecule has 2 aliphatic rings. The second-order valence-electron chi connectivity index (χ2n) is 10.0. The molecule has 0 atom stereocenters. The van der Waals surface area contributed by atoms with E-state index >= 15 is 0 Å². The molecule has 198 valence electrons. The zero-order valence-electron chi connectivity index (χ0n) is 21.2. The highest BCUT2D eigenvalue weighted by atomic mass is 32.1. The Kier molecular flexibility index (Phi) is 9.52. The van der Waals surface area contributed by atoms with Crippen molar-refractivity contribution in [1.29, 1.82) is 0 Å². The maximum absolute atomic E-state index is 13.1. The molecule has 1 spiro atoms. The number of carboxylic acid groups (broad SMARTS) is 1. The smallest absolute Gasteiger partial charge is 0.305 e. The summed E-state index contributed by atoms with van der Waals surface area (Å²) in [5.41, 5.74) is 1.67. The van der Waals surface area contributed by atoms with Crippen molar-refractivity contribution in [2.45, 2.75) is 57.5 Å². The number of carbonyl (C=O) groups excluding carboxylic acids is 1. The predicted octanol–water partition coefficient (Wildman–Crippen LogP) is 3.91. The highest BCUT2D eigenvalue weighted by Gasteiger charge is 2.41. The van der Waals surface area contributed by atoms with Gasteiger partial charge >= 0.3 is 5.97 Å².